The summed E-state index contributed by atoms with van der Waals surface area (Å²) in [6.45, 7) is 2.94. The maximum Gasteiger partial charge on any atom is 0.0613 e. The second kappa shape index (κ2) is 5.38. The molecule has 1 atom stereocenters. The third-order valence-corrected chi connectivity index (χ3v) is 3.53. The second-order valence-electron chi connectivity index (χ2n) is 5.08. The molecule has 1 saturated carbocycles. The van der Waals surface area contributed by atoms with Gasteiger partial charge in [-0.15, -0.1) is 0 Å². The second-order valence-corrected chi connectivity index (χ2v) is 5.52. The smallest absolute Gasteiger partial charge is 0.0613 e. The van der Waals surface area contributed by atoms with Gasteiger partial charge in [0.25, 0.3) is 0 Å². The molecule has 2 nitrogen and oxygen atoms in total. The van der Waals surface area contributed by atoms with Gasteiger partial charge in [-0.3, -0.25) is 0 Å². The highest BCUT2D eigenvalue weighted by atomic mass is 35.5. The summed E-state index contributed by atoms with van der Waals surface area (Å²) in [6.07, 6.45) is 3.59. The maximum absolute atomic E-state index is 5.89. The van der Waals surface area contributed by atoms with Gasteiger partial charge in [-0.25, -0.2) is 0 Å². The predicted molar refractivity (Wildman–Crippen MR) is 71.6 cm³/mol. The van der Waals surface area contributed by atoms with Crippen LogP contribution in [0.1, 0.15) is 25.3 Å². The van der Waals surface area contributed by atoms with Crippen molar-refractivity contribution in [2.75, 3.05) is 13.7 Å². The van der Waals surface area contributed by atoms with Crippen molar-refractivity contribution in [2.24, 2.45) is 0 Å². The Labute approximate surface area is 108 Å². The van der Waals surface area contributed by atoms with Gasteiger partial charge in [0.15, 0.2) is 0 Å². The number of ether oxygens (including phenoxy) is 1. The number of rotatable bonds is 6. The van der Waals surface area contributed by atoms with E-state index in [1.54, 1.807) is 7.11 Å². The molecule has 17 heavy (non-hydrogen) atoms. The summed E-state index contributed by atoms with van der Waals surface area (Å²) in [5.41, 5.74) is 1.65. The predicted octanol–water partition coefficient (Wildman–Crippen LogP) is 3.04. The van der Waals surface area contributed by atoms with Crippen molar-refractivity contribution >= 4 is 11.6 Å². The SMILES string of the molecule is COC[C@@H](C)NC1(Cc2ccc(Cl)cc2)CC1. The summed E-state index contributed by atoms with van der Waals surface area (Å²) in [7, 11) is 1.75. The zero-order chi connectivity index (χ0) is 12.3. The molecule has 0 radical (unpaired) electrons. The van der Waals surface area contributed by atoms with Crippen molar-refractivity contribution in [3.8, 4) is 0 Å². The standard InChI is InChI=1S/C14H20ClNO/c1-11(10-17-2)16-14(7-8-14)9-12-3-5-13(15)6-4-12/h3-6,11,16H,7-10H2,1-2H3/t11-/m1/s1. The highest BCUT2D eigenvalue weighted by molar-refractivity contribution is 6.30. The van der Waals surface area contributed by atoms with Crippen LogP contribution >= 0.6 is 11.6 Å². The van der Waals surface area contributed by atoms with Crippen molar-refractivity contribution in [1.82, 2.24) is 5.32 Å². The number of nitrogens with one attached hydrogen (secondary N) is 1. The van der Waals surface area contributed by atoms with Crippen LogP contribution in [0.25, 0.3) is 0 Å². The Hall–Kier alpha value is -0.570. The Morgan fingerprint density at radius 3 is 2.53 bits per heavy atom. The van der Waals surface area contributed by atoms with E-state index in [0.717, 1.165) is 18.1 Å². The van der Waals surface area contributed by atoms with Crippen LogP contribution in [0.15, 0.2) is 24.3 Å². The number of hydrogen-bond donors (Lipinski definition) is 1. The topological polar surface area (TPSA) is 21.3 Å². The lowest BCUT2D eigenvalue weighted by atomic mass is 10.0. The molecule has 0 unspecified atom stereocenters. The molecular weight excluding hydrogens is 234 g/mol. The van der Waals surface area contributed by atoms with Gasteiger partial charge in [0.05, 0.1) is 6.61 Å². The maximum atomic E-state index is 5.89. The third kappa shape index (κ3) is 3.70. The average Bonchev–Trinajstić information content (AvgIpc) is 3.02. The molecule has 0 saturated heterocycles. The zero-order valence-corrected chi connectivity index (χ0v) is 11.3. The highest BCUT2D eigenvalue weighted by Gasteiger charge is 2.42. The third-order valence-electron chi connectivity index (χ3n) is 3.28. The van der Waals surface area contributed by atoms with Crippen molar-refractivity contribution in [3.05, 3.63) is 34.9 Å². The molecule has 1 fully saturated rings. The molecule has 0 spiro atoms. The molecule has 1 aromatic rings. The summed E-state index contributed by atoms with van der Waals surface area (Å²) < 4.78 is 5.16. The van der Waals surface area contributed by atoms with Crippen molar-refractivity contribution < 1.29 is 4.74 Å². The lowest BCUT2D eigenvalue weighted by Gasteiger charge is -2.22. The molecule has 0 aliphatic heterocycles. The first-order valence-electron chi connectivity index (χ1n) is 6.15. The Kier molecular flexibility index (Phi) is 4.08. The molecule has 1 aliphatic rings. The Morgan fingerprint density at radius 1 is 1.35 bits per heavy atom. The van der Waals surface area contributed by atoms with Crippen LogP contribution in [0.2, 0.25) is 5.02 Å². The van der Waals surface area contributed by atoms with Crippen LogP contribution in [0, 0.1) is 0 Å². The Morgan fingerprint density at radius 2 is 2.00 bits per heavy atom. The average molecular weight is 254 g/mol. The van der Waals surface area contributed by atoms with E-state index < -0.39 is 0 Å². The highest BCUT2D eigenvalue weighted by Crippen LogP contribution is 2.39. The Balaban J connectivity index is 1.91. The largest absolute Gasteiger partial charge is 0.383 e. The molecule has 1 aliphatic carbocycles. The van der Waals surface area contributed by atoms with Crippen LogP contribution in [-0.2, 0) is 11.2 Å². The van der Waals surface area contributed by atoms with E-state index in [0.29, 0.717) is 11.6 Å². The van der Waals surface area contributed by atoms with E-state index in [1.807, 2.05) is 12.1 Å². The first-order valence-corrected chi connectivity index (χ1v) is 6.52. The molecule has 2 rings (SSSR count). The van der Waals surface area contributed by atoms with Crippen LogP contribution in [0.5, 0.6) is 0 Å². The first-order chi connectivity index (χ1) is 8.13. The molecule has 94 valence electrons. The molecule has 0 bridgehead atoms. The van der Waals surface area contributed by atoms with Crippen LogP contribution < -0.4 is 5.32 Å². The molecule has 0 aromatic heterocycles. The summed E-state index contributed by atoms with van der Waals surface area (Å²) >= 11 is 5.89. The van der Waals surface area contributed by atoms with Gasteiger partial charge in [-0.1, -0.05) is 23.7 Å². The minimum absolute atomic E-state index is 0.297. The fourth-order valence-corrected chi connectivity index (χ4v) is 2.46. The number of hydrogen-bond acceptors (Lipinski definition) is 2. The first kappa shape index (κ1) is 12.9. The number of benzene rings is 1. The fraction of sp³-hybridized carbons (Fsp3) is 0.571. The summed E-state index contributed by atoms with van der Waals surface area (Å²) in [4.78, 5) is 0. The van der Waals surface area contributed by atoms with Crippen LogP contribution in [-0.4, -0.2) is 25.3 Å². The monoisotopic (exact) mass is 253 g/mol. The van der Waals surface area contributed by atoms with Crippen LogP contribution in [0.4, 0.5) is 0 Å². The molecule has 0 heterocycles. The summed E-state index contributed by atoms with van der Waals surface area (Å²) in [5.74, 6) is 0. The van der Waals surface area contributed by atoms with Gasteiger partial charge < -0.3 is 10.1 Å². The lowest BCUT2D eigenvalue weighted by Crippen LogP contribution is -2.42. The van der Waals surface area contributed by atoms with Gasteiger partial charge in [-0.05, 0) is 43.9 Å². The van der Waals surface area contributed by atoms with Gasteiger partial charge in [0, 0.05) is 23.7 Å². The molecular formula is C14H20ClNO. The minimum atomic E-state index is 0.297. The normalized spacial score (nSPS) is 19.0. The fourth-order valence-electron chi connectivity index (χ4n) is 2.33. The quantitative estimate of drug-likeness (QED) is 0.842. The van der Waals surface area contributed by atoms with Crippen LogP contribution in [0.3, 0.4) is 0 Å². The van der Waals surface area contributed by atoms with E-state index in [1.165, 1.54) is 18.4 Å². The van der Waals surface area contributed by atoms with E-state index >= 15 is 0 Å². The van der Waals surface area contributed by atoms with Gasteiger partial charge in [-0.2, -0.15) is 0 Å². The number of halogens is 1. The van der Waals surface area contributed by atoms with Gasteiger partial charge in [0.2, 0.25) is 0 Å². The molecule has 0 amide bonds. The Bertz CT molecular complexity index is 359. The van der Waals surface area contributed by atoms with Crippen molar-refractivity contribution in [3.63, 3.8) is 0 Å². The minimum Gasteiger partial charge on any atom is -0.383 e. The van der Waals surface area contributed by atoms with Gasteiger partial charge >= 0.3 is 0 Å². The zero-order valence-electron chi connectivity index (χ0n) is 10.5. The lowest BCUT2D eigenvalue weighted by molar-refractivity contribution is 0.164. The molecule has 3 heteroatoms. The molecule has 1 aromatic carbocycles. The van der Waals surface area contributed by atoms with Gasteiger partial charge in [0.1, 0.15) is 0 Å². The number of methoxy groups -OCH3 is 1. The summed E-state index contributed by atoms with van der Waals surface area (Å²) in [6, 6.07) is 8.57. The molecule has 1 N–H and O–H groups in total. The summed E-state index contributed by atoms with van der Waals surface area (Å²) in [5, 5.41) is 4.48. The van der Waals surface area contributed by atoms with E-state index in [-0.39, 0.29) is 0 Å². The van der Waals surface area contributed by atoms with E-state index in [2.05, 4.69) is 24.4 Å². The van der Waals surface area contributed by atoms with Crippen molar-refractivity contribution in [2.45, 2.75) is 37.8 Å². The van der Waals surface area contributed by atoms with E-state index in [4.69, 9.17) is 16.3 Å². The van der Waals surface area contributed by atoms with E-state index in [9.17, 15) is 0 Å². The van der Waals surface area contributed by atoms with Crippen molar-refractivity contribution in [1.29, 1.82) is 0 Å².